The minimum atomic E-state index is -4.38. The number of carbonyl (C=O) groups is 1. The number of benzene rings is 1. The fraction of sp³-hybridized carbons (Fsp3) is 0.400. The fourth-order valence-corrected chi connectivity index (χ4v) is 3.53. The molecule has 1 aromatic heterocycles. The number of piperazine rings is 1. The summed E-state index contributed by atoms with van der Waals surface area (Å²) in [6, 6.07) is 5.51. The second kappa shape index (κ2) is 7.11. The molecular formula is C15H19N5O5S. The van der Waals surface area contributed by atoms with Gasteiger partial charge in [0.05, 0.1) is 12.1 Å². The summed E-state index contributed by atoms with van der Waals surface area (Å²) >= 11 is 0. The SMILES string of the molecule is CO[C@@H](Cc1ccc2c(N)ncnc2c1)N1CCN(S(=O)(=O)O)CC1=O. The van der Waals surface area contributed by atoms with Gasteiger partial charge in [-0.1, -0.05) is 6.07 Å². The van der Waals surface area contributed by atoms with E-state index in [9.17, 15) is 13.2 Å². The van der Waals surface area contributed by atoms with Gasteiger partial charge in [0.2, 0.25) is 5.91 Å². The number of anilines is 1. The van der Waals surface area contributed by atoms with Gasteiger partial charge in [-0.3, -0.25) is 9.35 Å². The van der Waals surface area contributed by atoms with Crippen LogP contribution < -0.4 is 5.73 Å². The first-order valence-corrected chi connectivity index (χ1v) is 9.23. The van der Waals surface area contributed by atoms with Crippen molar-refractivity contribution in [1.82, 2.24) is 19.2 Å². The van der Waals surface area contributed by atoms with Crippen molar-refractivity contribution in [2.75, 3.05) is 32.5 Å². The molecule has 0 unspecified atom stereocenters. The number of rotatable bonds is 5. The summed E-state index contributed by atoms with van der Waals surface area (Å²) in [6.45, 7) is -0.286. The number of nitrogens with two attached hydrogens (primary N) is 1. The Morgan fingerprint density at radius 2 is 2.12 bits per heavy atom. The Kier molecular flexibility index (Phi) is 5.05. The minimum absolute atomic E-state index is 0.00587. The summed E-state index contributed by atoms with van der Waals surface area (Å²) in [5, 5.41) is 0.739. The van der Waals surface area contributed by atoms with Gasteiger partial charge in [-0.15, -0.1) is 0 Å². The summed E-state index contributed by atoms with van der Waals surface area (Å²) in [7, 11) is -2.90. The molecule has 1 aliphatic rings. The van der Waals surface area contributed by atoms with E-state index in [1.807, 2.05) is 18.2 Å². The van der Waals surface area contributed by atoms with E-state index in [-0.39, 0.29) is 13.1 Å². The van der Waals surface area contributed by atoms with Crippen molar-refractivity contribution in [3.05, 3.63) is 30.1 Å². The van der Waals surface area contributed by atoms with Crippen LogP contribution in [0.1, 0.15) is 5.56 Å². The van der Waals surface area contributed by atoms with Gasteiger partial charge in [0.15, 0.2) is 0 Å². The lowest BCUT2D eigenvalue weighted by Crippen LogP contribution is -2.56. The van der Waals surface area contributed by atoms with Crippen molar-refractivity contribution in [2.24, 2.45) is 0 Å². The molecule has 10 nitrogen and oxygen atoms in total. The summed E-state index contributed by atoms with van der Waals surface area (Å²) in [6.07, 6.45) is 1.21. The number of methoxy groups -OCH3 is 1. The number of fused-ring (bicyclic) bond motifs is 1. The van der Waals surface area contributed by atoms with Gasteiger partial charge in [-0.05, 0) is 17.7 Å². The second-order valence-electron chi connectivity index (χ2n) is 5.90. The highest BCUT2D eigenvalue weighted by molar-refractivity contribution is 7.83. The van der Waals surface area contributed by atoms with E-state index in [1.165, 1.54) is 18.3 Å². The number of hydrogen-bond donors (Lipinski definition) is 2. The van der Waals surface area contributed by atoms with Crippen molar-refractivity contribution in [3.63, 3.8) is 0 Å². The Labute approximate surface area is 150 Å². The third-order valence-electron chi connectivity index (χ3n) is 4.31. The maximum Gasteiger partial charge on any atom is 0.336 e. The lowest BCUT2D eigenvalue weighted by Gasteiger charge is -2.36. The van der Waals surface area contributed by atoms with Crippen LogP contribution in [0.25, 0.3) is 10.9 Å². The Bertz CT molecular complexity index is 935. The average Bonchev–Trinajstić information content (AvgIpc) is 2.59. The maximum absolute atomic E-state index is 12.3. The van der Waals surface area contributed by atoms with E-state index in [0.29, 0.717) is 17.8 Å². The molecule has 1 fully saturated rings. The van der Waals surface area contributed by atoms with Crippen molar-refractivity contribution < 1.29 is 22.5 Å². The first-order valence-electron chi connectivity index (χ1n) is 7.83. The van der Waals surface area contributed by atoms with Crippen molar-refractivity contribution in [3.8, 4) is 0 Å². The Balaban J connectivity index is 1.77. The number of carbonyl (C=O) groups excluding carboxylic acids is 1. The fourth-order valence-electron chi connectivity index (χ4n) is 2.94. The molecule has 1 aromatic carbocycles. The quantitative estimate of drug-likeness (QED) is 0.672. The lowest BCUT2D eigenvalue weighted by atomic mass is 10.1. The molecule has 0 saturated carbocycles. The molecule has 0 radical (unpaired) electrons. The second-order valence-corrected chi connectivity index (χ2v) is 7.32. The Hall–Kier alpha value is -2.34. The molecule has 11 heteroatoms. The zero-order chi connectivity index (χ0) is 18.9. The van der Waals surface area contributed by atoms with E-state index >= 15 is 0 Å². The highest BCUT2D eigenvalue weighted by atomic mass is 32.2. The molecule has 1 aliphatic heterocycles. The van der Waals surface area contributed by atoms with Crippen LogP contribution in [0.4, 0.5) is 5.82 Å². The third kappa shape index (κ3) is 3.75. The summed E-state index contributed by atoms with van der Waals surface area (Å²) < 4.78 is 37.6. The zero-order valence-corrected chi connectivity index (χ0v) is 14.9. The number of aromatic nitrogens is 2. The number of ether oxygens (including phenoxy) is 1. The third-order valence-corrected chi connectivity index (χ3v) is 5.27. The van der Waals surface area contributed by atoms with Gasteiger partial charge in [-0.2, -0.15) is 12.7 Å². The van der Waals surface area contributed by atoms with E-state index in [0.717, 1.165) is 15.3 Å². The van der Waals surface area contributed by atoms with Crippen molar-refractivity contribution in [2.45, 2.75) is 12.6 Å². The monoisotopic (exact) mass is 381 g/mol. The first-order chi connectivity index (χ1) is 12.3. The lowest BCUT2D eigenvalue weighted by molar-refractivity contribution is -0.148. The molecule has 2 heterocycles. The van der Waals surface area contributed by atoms with Crippen LogP contribution in [0.15, 0.2) is 24.5 Å². The molecule has 0 bridgehead atoms. The molecule has 3 N–H and O–H groups in total. The van der Waals surface area contributed by atoms with Crippen LogP contribution >= 0.6 is 0 Å². The Morgan fingerprint density at radius 3 is 2.77 bits per heavy atom. The summed E-state index contributed by atoms with van der Waals surface area (Å²) in [5.74, 6) is -0.0468. The molecule has 1 atom stereocenters. The molecule has 0 aliphatic carbocycles. The molecule has 1 amide bonds. The van der Waals surface area contributed by atoms with Crippen molar-refractivity contribution >= 4 is 32.9 Å². The maximum atomic E-state index is 12.3. The molecule has 3 rings (SSSR count). The average molecular weight is 381 g/mol. The standard InChI is InChI=1S/C15H19N5O5S/c1-25-14(20-5-4-19(8-13(20)21)26(22,23)24)7-10-2-3-11-12(6-10)17-9-18-15(11)16/h2-3,6,9,14H,4-5,7-8H2,1H3,(H2,16,17,18)(H,22,23,24)/t14-/m0/s1. The van der Waals surface area contributed by atoms with Gasteiger partial charge in [0, 0.05) is 32.0 Å². The summed E-state index contributed by atoms with van der Waals surface area (Å²) in [4.78, 5) is 21.9. The highest BCUT2D eigenvalue weighted by Gasteiger charge is 2.34. The molecule has 26 heavy (non-hydrogen) atoms. The predicted octanol–water partition coefficient (Wildman–Crippen LogP) is -0.326. The number of nitrogens with zero attached hydrogens (tertiary/aromatic N) is 4. The van der Waals surface area contributed by atoms with E-state index < -0.39 is 29.0 Å². The minimum Gasteiger partial charge on any atom is -0.383 e. The summed E-state index contributed by atoms with van der Waals surface area (Å²) in [5.41, 5.74) is 7.38. The van der Waals surface area contributed by atoms with Crippen LogP contribution in [0.5, 0.6) is 0 Å². The topological polar surface area (TPSA) is 139 Å². The van der Waals surface area contributed by atoms with Crippen LogP contribution in [0.3, 0.4) is 0 Å². The molecular weight excluding hydrogens is 362 g/mol. The molecule has 2 aromatic rings. The number of hydrogen-bond acceptors (Lipinski definition) is 7. The normalized spacial score (nSPS) is 17.6. The first kappa shape index (κ1) is 18.5. The van der Waals surface area contributed by atoms with E-state index in [1.54, 1.807) is 0 Å². The largest absolute Gasteiger partial charge is 0.383 e. The molecule has 140 valence electrons. The number of nitrogen functional groups attached to an aromatic ring is 1. The molecule has 1 saturated heterocycles. The Morgan fingerprint density at radius 1 is 1.35 bits per heavy atom. The van der Waals surface area contributed by atoms with Gasteiger partial charge in [0.25, 0.3) is 0 Å². The van der Waals surface area contributed by atoms with Crippen LogP contribution in [0, 0.1) is 0 Å². The van der Waals surface area contributed by atoms with E-state index in [2.05, 4.69) is 9.97 Å². The van der Waals surface area contributed by atoms with Crippen LogP contribution in [0.2, 0.25) is 0 Å². The van der Waals surface area contributed by atoms with Gasteiger partial charge in [-0.25, -0.2) is 9.97 Å². The van der Waals surface area contributed by atoms with Gasteiger partial charge < -0.3 is 15.4 Å². The highest BCUT2D eigenvalue weighted by Crippen LogP contribution is 2.20. The van der Waals surface area contributed by atoms with Crippen LogP contribution in [-0.2, 0) is 26.3 Å². The zero-order valence-electron chi connectivity index (χ0n) is 14.1. The van der Waals surface area contributed by atoms with Crippen LogP contribution in [-0.4, -0.2) is 71.0 Å². The smallest absolute Gasteiger partial charge is 0.336 e. The molecule has 0 spiro atoms. The number of amides is 1. The van der Waals surface area contributed by atoms with E-state index in [4.69, 9.17) is 15.0 Å². The van der Waals surface area contributed by atoms with Crippen molar-refractivity contribution in [1.29, 1.82) is 0 Å². The predicted molar refractivity (Wildman–Crippen MR) is 93.3 cm³/mol. The van der Waals surface area contributed by atoms with Gasteiger partial charge in [0.1, 0.15) is 18.4 Å². The van der Waals surface area contributed by atoms with Gasteiger partial charge >= 0.3 is 10.3 Å².